The minimum Gasteiger partial charge on any atom is -0.298 e. The highest BCUT2D eigenvalue weighted by molar-refractivity contribution is 5.21. The number of nitrogens with zero attached hydrogens (tertiary/aromatic N) is 1. The van der Waals surface area contributed by atoms with Crippen molar-refractivity contribution in [1.29, 1.82) is 5.26 Å². The summed E-state index contributed by atoms with van der Waals surface area (Å²) in [6.45, 7) is 4.85. The first-order valence-electron chi connectivity index (χ1n) is 4.94. The Morgan fingerprint density at radius 1 is 1.36 bits per heavy atom. The molecule has 74 valence electrons. The topological polar surface area (TPSA) is 35.8 Å². The van der Waals surface area contributed by atoms with Crippen molar-refractivity contribution >= 4 is 0 Å². The molecule has 0 aliphatic heterocycles. The SMILES string of the molecule is CCC(C#N)NCc1ccc(C)cc1. The van der Waals surface area contributed by atoms with Gasteiger partial charge in [0.2, 0.25) is 0 Å². The lowest BCUT2D eigenvalue weighted by molar-refractivity contribution is 0.587. The molecule has 0 saturated heterocycles. The zero-order valence-corrected chi connectivity index (χ0v) is 8.75. The molecule has 0 heterocycles. The number of hydrogen-bond acceptors (Lipinski definition) is 2. The van der Waals surface area contributed by atoms with Crippen LogP contribution in [0.15, 0.2) is 24.3 Å². The van der Waals surface area contributed by atoms with Crippen molar-refractivity contribution < 1.29 is 0 Å². The van der Waals surface area contributed by atoms with Crippen LogP contribution in [0.25, 0.3) is 0 Å². The van der Waals surface area contributed by atoms with Crippen molar-refractivity contribution in [2.24, 2.45) is 0 Å². The van der Waals surface area contributed by atoms with Crippen LogP contribution in [0.5, 0.6) is 0 Å². The van der Waals surface area contributed by atoms with Gasteiger partial charge in [-0.2, -0.15) is 5.26 Å². The van der Waals surface area contributed by atoms with Crippen molar-refractivity contribution in [2.75, 3.05) is 0 Å². The van der Waals surface area contributed by atoms with Gasteiger partial charge in [0, 0.05) is 6.54 Å². The van der Waals surface area contributed by atoms with E-state index in [-0.39, 0.29) is 6.04 Å². The van der Waals surface area contributed by atoms with Gasteiger partial charge in [-0.25, -0.2) is 0 Å². The predicted octanol–water partition coefficient (Wildman–Crippen LogP) is 2.39. The molecule has 1 aromatic rings. The minimum absolute atomic E-state index is 0.0312. The van der Waals surface area contributed by atoms with E-state index in [1.807, 2.05) is 6.92 Å². The predicted molar refractivity (Wildman–Crippen MR) is 57.7 cm³/mol. The molecule has 0 radical (unpaired) electrons. The van der Waals surface area contributed by atoms with Crippen molar-refractivity contribution in [3.63, 3.8) is 0 Å². The van der Waals surface area contributed by atoms with E-state index in [1.54, 1.807) is 0 Å². The van der Waals surface area contributed by atoms with E-state index in [0.29, 0.717) is 0 Å². The summed E-state index contributed by atoms with van der Waals surface area (Å²) >= 11 is 0. The normalized spacial score (nSPS) is 12.1. The number of benzene rings is 1. The molecule has 1 unspecified atom stereocenters. The van der Waals surface area contributed by atoms with Crippen LogP contribution in [0.4, 0.5) is 0 Å². The smallest absolute Gasteiger partial charge is 0.0952 e. The van der Waals surface area contributed by atoms with Crippen LogP contribution in [0, 0.1) is 18.3 Å². The molecular weight excluding hydrogens is 172 g/mol. The first-order chi connectivity index (χ1) is 6.76. The molecule has 0 spiro atoms. The Kier molecular flexibility index (Phi) is 4.15. The molecule has 0 bridgehead atoms. The molecule has 0 fully saturated rings. The van der Waals surface area contributed by atoms with Gasteiger partial charge in [-0.05, 0) is 18.9 Å². The van der Waals surface area contributed by atoms with Crippen LogP contribution in [-0.4, -0.2) is 6.04 Å². The summed E-state index contributed by atoms with van der Waals surface area (Å²) < 4.78 is 0. The average molecular weight is 188 g/mol. The molecule has 0 amide bonds. The monoisotopic (exact) mass is 188 g/mol. The second-order valence-corrected chi connectivity index (χ2v) is 3.46. The number of hydrogen-bond donors (Lipinski definition) is 1. The van der Waals surface area contributed by atoms with Gasteiger partial charge in [-0.15, -0.1) is 0 Å². The van der Waals surface area contributed by atoms with Gasteiger partial charge in [0.05, 0.1) is 12.1 Å². The van der Waals surface area contributed by atoms with Crippen LogP contribution >= 0.6 is 0 Å². The van der Waals surface area contributed by atoms with Gasteiger partial charge in [0.1, 0.15) is 0 Å². The Labute approximate surface area is 85.6 Å². The largest absolute Gasteiger partial charge is 0.298 e. The van der Waals surface area contributed by atoms with Crippen molar-refractivity contribution in [1.82, 2.24) is 5.32 Å². The fraction of sp³-hybridized carbons (Fsp3) is 0.417. The Balaban J connectivity index is 2.46. The fourth-order valence-electron chi connectivity index (χ4n) is 1.23. The molecule has 0 saturated carbocycles. The maximum atomic E-state index is 8.74. The quantitative estimate of drug-likeness (QED) is 0.787. The fourth-order valence-corrected chi connectivity index (χ4v) is 1.23. The molecule has 2 nitrogen and oxygen atoms in total. The zero-order valence-electron chi connectivity index (χ0n) is 8.75. The number of aryl methyl sites for hydroxylation is 1. The maximum Gasteiger partial charge on any atom is 0.0952 e. The first kappa shape index (κ1) is 10.7. The van der Waals surface area contributed by atoms with E-state index >= 15 is 0 Å². The number of nitriles is 1. The average Bonchev–Trinajstić information content (AvgIpc) is 2.22. The molecular formula is C12H16N2. The summed E-state index contributed by atoms with van der Waals surface area (Å²) in [5, 5.41) is 11.9. The van der Waals surface area contributed by atoms with E-state index in [0.717, 1.165) is 13.0 Å². The van der Waals surface area contributed by atoms with Crippen LogP contribution in [0.2, 0.25) is 0 Å². The molecule has 0 aliphatic rings. The standard InChI is InChI=1S/C12H16N2/c1-3-12(8-13)14-9-11-6-4-10(2)5-7-11/h4-7,12,14H,3,9H2,1-2H3. The van der Waals surface area contributed by atoms with Gasteiger partial charge in [-0.3, -0.25) is 5.32 Å². The Morgan fingerprint density at radius 2 is 2.00 bits per heavy atom. The van der Waals surface area contributed by atoms with Crippen molar-refractivity contribution in [3.05, 3.63) is 35.4 Å². The summed E-state index contributed by atoms with van der Waals surface area (Å²) in [4.78, 5) is 0. The molecule has 2 heteroatoms. The van der Waals surface area contributed by atoms with Crippen molar-refractivity contribution in [3.8, 4) is 6.07 Å². The number of rotatable bonds is 4. The van der Waals surface area contributed by atoms with E-state index in [9.17, 15) is 0 Å². The summed E-state index contributed by atoms with van der Waals surface area (Å²) in [5.74, 6) is 0. The zero-order chi connectivity index (χ0) is 10.4. The van der Waals surface area contributed by atoms with Crippen LogP contribution in [0.1, 0.15) is 24.5 Å². The second kappa shape index (κ2) is 5.41. The molecule has 0 aliphatic carbocycles. The van der Waals surface area contributed by atoms with E-state index in [1.165, 1.54) is 11.1 Å². The summed E-state index contributed by atoms with van der Waals surface area (Å²) in [6.07, 6.45) is 0.850. The van der Waals surface area contributed by atoms with E-state index in [2.05, 4.69) is 42.6 Å². The van der Waals surface area contributed by atoms with E-state index in [4.69, 9.17) is 5.26 Å². The maximum absolute atomic E-state index is 8.74. The third-order valence-corrected chi connectivity index (χ3v) is 2.24. The number of nitrogens with one attached hydrogen (secondary N) is 1. The van der Waals surface area contributed by atoms with Gasteiger partial charge in [-0.1, -0.05) is 36.8 Å². The molecule has 0 aromatic heterocycles. The highest BCUT2D eigenvalue weighted by atomic mass is 14.9. The molecule has 1 aromatic carbocycles. The lowest BCUT2D eigenvalue weighted by Gasteiger charge is -2.08. The Hall–Kier alpha value is -1.33. The Bertz CT molecular complexity index is 308. The van der Waals surface area contributed by atoms with Crippen LogP contribution < -0.4 is 5.32 Å². The third kappa shape index (κ3) is 3.20. The third-order valence-electron chi connectivity index (χ3n) is 2.24. The van der Waals surface area contributed by atoms with Gasteiger partial charge in [0.25, 0.3) is 0 Å². The minimum atomic E-state index is -0.0312. The molecule has 1 rings (SSSR count). The highest BCUT2D eigenvalue weighted by Gasteiger charge is 2.01. The van der Waals surface area contributed by atoms with Crippen LogP contribution in [0.3, 0.4) is 0 Å². The second-order valence-electron chi connectivity index (χ2n) is 3.46. The highest BCUT2D eigenvalue weighted by Crippen LogP contribution is 2.03. The molecule has 1 atom stereocenters. The first-order valence-corrected chi connectivity index (χ1v) is 4.94. The van der Waals surface area contributed by atoms with Gasteiger partial charge >= 0.3 is 0 Å². The molecule has 14 heavy (non-hydrogen) atoms. The molecule has 1 N–H and O–H groups in total. The van der Waals surface area contributed by atoms with Crippen molar-refractivity contribution in [2.45, 2.75) is 32.9 Å². The van der Waals surface area contributed by atoms with E-state index < -0.39 is 0 Å². The summed E-state index contributed by atoms with van der Waals surface area (Å²) in [5.41, 5.74) is 2.49. The summed E-state index contributed by atoms with van der Waals surface area (Å²) in [6, 6.07) is 10.5. The Morgan fingerprint density at radius 3 is 2.50 bits per heavy atom. The van der Waals surface area contributed by atoms with Gasteiger partial charge < -0.3 is 0 Å². The van der Waals surface area contributed by atoms with Gasteiger partial charge in [0.15, 0.2) is 0 Å². The lowest BCUT2D eigenvalue weighted by Crippen LogP contribution is -2.25. The lowest BCUT2D eigenvalue weighted by atomic mass is 10.1. The van der Waals surface area contributed by atoms with Crippen LogP contribution in [-0.2, 0) is 6.54 Å². The summed E-state index contributed by atoms with van der Waals surface area (Å²) in [7, 11) is 0.